The van der Waals surface area contributed by atoms with Gasteiger partial charge in [-0.05, 0) is 79.8 Å². The first-order valence-corrected chi connectivity index (χ1v) is 15.7. The van der Waals surface area contributed by atoms with Gasteiger partial charge in [0.15, 0.2) is 0 Å². The van der Waals surface area contributed by atoms with Crippen LogP contribution < -0.4 is 10.6 Å². The van der Waals surface area contributed by atoms with Gasteiger partial charge in [0.2, 0.25) is 5.91 Å². The molecule has 0 aliphatic carbocycles. The monoisotopic (exact) mass is 583 g/mol. The number of nitrogens with one attached hydrogen (secondary N) is 2. The van der Waals surface area contributed by atoms with E-state index in [0.29, 0.717) is 18.2 Å². The highest BCUT2D eigenvalue weighted by molar-refractivity contribution is 7.09. The van der Waals surface area contributed by atoms with Crippen LogP contribution in [0.15, 0.2) is 72.1 Å². The summed E-state index contributed by atoms with van der Waals surface area (Å²) in [6, 6.07) is 21.9. The molecule has 0 unspecified atom stereocenters. The van der Waals surface area contributed by atoms with Crippen molar-refractivity contribution in [2.24, 2.45) is 5.92 Å². The Hall–Kier alpha value is -3.91. The van der Waals surface area contributed by atoms with Crippen LogP contribution in [0.5, 0.6) is 0 Å². The Balaban J connectivity index is 1.13. The Bertz CT molecular complexity index is 1480. The number of hydrogen-bond donors (Lipinski definition) is 2. The summed E-state index contributed by atoms with van der Waals surface area (Å²) < 4.78 is 1.78. The molecule has 4 aromatic rings. The first-order valence-electron chi connectivity index (χ1n) is 14.8. The molecule has 2 N–H and O–H groups in total. The summed E-state index contributed by atoms with van der Waals surface area (Å²) in [5, 5.41) is 12.8. The minimum absolute atomic E-state index is 0.158. The van der Waals surface area contributed by atoms with Crippen molar-refractivity contribution in [2.45, 2.75) is 65.2 Å². The number of piperidine rings is 1. The molecule has 1 aliphatic heterocycles. The maximum atomic E-state index is 13.0. The topological polar surface area (TPSA) is 79.3 Å². The lowest BCUT2D eigenvalue weighted by atomic mass is 9.90. The Labute approximate surface area is 253 Å². The second kappa shape index (κ2) is 12.9. The molecule has 1 aliphatic rings. The van der Waals surface area contributed by atoms with E-state index in [-0.39, 0.29) is 17.4 Å². The number of thiophene rings is 1. The van der Waals surface area contributed by atoms with Gasteiger partial charge in [0.05, 0.1) is 11.4 Å². The first-order chi connectivity index (χ1) is 20.1. The Morgan fingerprint density at radius 3 is 2.33 bits per heavy atom. The van der Waals surface area contributed by atoms with Crippen molar-refractivity contribution < 1.29 is 9.59 Å². The SMILES string of the molecule is Cc1ccc(-n2nc(C(C)(C)C)cc2NC(=O)Nc2ccc(CC3CCN(C(=O)CCc4cccs4)CC3)cc2)cc1. The number of carbonyl (C=O) groups excluding carboxylic acids is 2. The molecule has 3 heterocycles. The fourth-order valence-corrected chi connectivity index (χ4v) is 5.99. The number of carbonyl (C=O) groups is 2. The number of aryl methyl sites for hydroxylation is 2. The molecule has 2 aromatic carbocycles. The van der Waals surface area contributed by atoms with Gasteiger partial charge < -0.3 is 10.2 Å². The van der Waals surface area contributed by atoms with E-state index < -0.39 is 0 Å². The third-order valence-corrected chi connectivity index (χ3v) is 8.80. The molecule has 220 valence electrons. The Morgan fingerprint density at radius 1 is 0.976 bits per heavy atom. The van der Waals surface area contributed by atoms with E-state index in [1.54, 1.807) is 16.0 Å². The number of hydrogen-bond acceptors (Lipinski definition) is 4. The van der Waals surface area contributed by atoms with Crippen molar-refractivity contribution in [3.8, 4) is 5.69 Å². The van der Waals surface area contributed by atoms with E-state index in [1.807, 2.05) is 60.4 Å². The second-order valence-electron chi connectivity index (χ2n) is 12.3. The predicted molar refractivity (Wildman–Crippen MR) is 172 cm³/mol. The number of amides is 3. The molecule has 0 spiro atoms. The quantitative estimate of drug-likeness (QED) is 0.224. The van der Waals surface area contributed by atoms with Crippen LogP contribution in [-0.4, -0.2) is 39.7 Å². The third-order valence-electron chi connectivity index (χ3n) is 7.87. The van der Waals surface area contributed by atoms with E-state index in [9.17, 15) is 9.59 Å². The minimum atomic E-state index is -0.312. The minimum Gasteiger partial charge on any atom is -0.343 e. The number of rotatable bonds is 8. The number of urea groups is 1. The van der Waals surface area contributed by atoms with E-state index in [0.717, 1.165) is 55.8 Å². The van der Waals surface area contributed by atoms with Gasteiger partial charge in [0, 0.05) is 41.6 Å². The Morgan fingerprint density at radius 2 is 1.69 bits per heavy atom. The van der Waals surface area contributed by atoms with Crippen molar-refractivity contribution in [3.05, 3.63) is 93.8 Å². The molecule has 0 radical (unpaired) electrons. The van der Waals surface area contributed by atoms with E-state index in [1.165, 1.54) is 16.0 Å². The number of anilines is 2. The average Bonchev–Trinajstić information content (AvgIpc) is 3.64. The zero-order valence-electron chi connectivity index (χ0n) is 25.0. The molecule has 1 fully saturated rings. The zero-order valence-corrected chi connectivity index (χ0v) is 25.8. The van der Waals surface area contributed by atoms with Crippen molar-refractivity contribution in [1.29, 1.82) is 0 Å². The summed E-state index contributed by atoms with van der Waals surface area (Å²) in [7, 11) is 0. The first kappa shape index (κ1) is 29.6. The summed E-state index contributed by atoms with van der Waals surface area (Å²) in [5.74, 6) is 1.45. The fourth-order valence-electron chi connectivity index (χ4n) is 5.29. The second-order valence-corrected chi connectivity index (χ2v) is 13.3. The predicted octanol–water partition coefficient (Wildman–Crippen LogP) is 7.60. The lowest BCUT2D eigenvalue weighted by molar-refractivity contribution is -0.132. The zero-order chi connectivity index (χ0) is 29.7. The van der Waals surface area contributed by atoms with Crippen LogP contribution in [0.2, 0.25) is 0 Å². The summed E-state index contributed by atoms with van der Waals surface area (Å²) in [4.78, 5) is 28.9. The maximum absolute atomic E-state index is 13.0. The maximum Gasteiger partial charge on any atom is 0.324 e. The van der Waals surface area contributed by atoms with Crippen LogP contribution in [0.3, 0.4) is 0 Å². The molecule has 7 nitrogen and oxygen atoms in total. The highest BCUT2D eigenvalue weighted by Gasteiger charge is 2.24. The Kier molecular flexibility index (Phi) is 9.12. The molecule has 42 heavy (non-hydrogen) atoms. The molecular weight excluding hydrogens is 542 g/mol. The van der Waals surface area contributed by atoms with Gasteiger partial charge in [0.1, 0.15) is 5.82 Å². The molecule has 0 atom stereocenters. The summed E-state index contributed by atoms with van der Waals surface area (Å²) >= 11 is 1.72. The average molecular weight is 584 g/mol. The molecular formula is C34H41N5O2S. The summed E-state index contributed by atoms with van der Waals surface area (Å²) in [6.07, 6.45) is 4.47. The molecule has 5 rings (SSSR count). The van der Waals surface area contributed by atoms with Crippen LogP contribution in [0, 0.1) is 12.8 Å². The van der Waals surface area contributed by atoms with Crippen molar-refractivity contribution in [1.82, 2.24) is 14.7 Å². The standard InChI is InChI=1S/C34H41N5O2S/c1-24-7-13-28(14-8-24)39-31(23-30(37-39)34(2,3)4)36-33(41)35-27-11-9-25(10-12-27)22-26-17-19-38(20-18-26)32(40)16-15-29-6-5-21-42-29/h5-14,21,23,26H,15-20,22H2,1-4H3,(H2,35,36,41). The van der Waals surface area contributed by atoms with Crippen LogP contribution in [0.1, 0.15) is 61.7 Å². The highest BCUT2D eigenvalue weighted by atomic mass is 32.1. The van der Waals surface area contributed by atoms with E-state index in [4.69, 9.17) is 5.10 Å². The van der Waals surface area contributed by atoms with Gasteiger partial charge in [-0.1, -0.05) is 56.7 Å². The van der Waals surface area contributed by atoms with Crippen molar-refractivity contribution in [2.75, 3.05) is 23.7 Å². The lowest BCUT2D eigenvalue weighted by Crippen LogP contribution is -2.39. The van der Waals surface area contributed by atoms with Crippen molar-refractivity contribution in [3.63, 3.8) is 0 Å². The van der Waals surface area contributed by atoms with Crippen LogP contribution in [0.25, 0.3) is 5.69 Å². The van der Waals surface area contributed by atoms with Gasteiger partial charge >= 0.3 is 6.03 Å². The molecule has 8 heteroatoms. The number of aromatic nitrogens is 2. The highest BCUT2D eigenvalue weighted by Crippen LogP contribution is 2.27. The molecule has 3 amide bonds. The van der Waals surface area contributed by atoms with Crippen LogP contribution >= 0.6 is 11.3 Å². The smallest absolute Gasteiger partial charge is 0.324 e. The van der Waals surface area contributed by atoms with Gasteiger partial charge in [-0.3, -0.25) is 10.1 Å². The van der Waals surface area contributed by atoms with Gasteiger partial charge in [-0.2, -0.15) is 5.10 Å². The van der Waals surface area contributed by atoms with Gasteiger partial charge in [0.25, 0.3) is 0 Å². The fraction of sp³-hybridized carbons (Fsp3) is 0.382. The van der Waals surface area contributed by atoms with Crippen molar-refractivity contribution >= 4 is 34.8 Å². The molecule has 0 bridgehead atoms. The third kappa shape index (κ3) is 7.68. The molecule has 1 saturated heterocycles. The van der Waals surface area contributed by atoms with Gasteiger partial charge in [-0.25, -0.2) is 9.48 Å². The molecule has 2 aromatic heterocycles. The van der Waals surface area contributed by atoms with Crippen LogP contribution in [0.4, 0.5) is 16.3 Å². The summed E-state index contributed by atoms with van der Waals surface area (Å²) in [5.41, 5.74) is 4.78. The van der Waals surface area contributed by atoms with Crippen LogP contribution in [-0.2, 0) is 23.1 Å². The van der Waals surface area contributed by atoms with Gasteiger partial charge in [-0.15, -0.1) is 11.3 Å². The lowest BCUT2D eigenvalue weighted by Gasteiger charge is -2.32. The number of benzene rings is 2. The number of likely N-dealkylation sites (tertiary alicyclic amines) is 1. The number of nitrogens with zero attached hydrogens (tertiary/aromatic N) is 3. The normalized spacial score (nSPS) is 14.1. The molecule has 0 saturated carbocycles. The van der Waals surface area contributed by atoms with E-state index >= 15 is 0 Å². The van der Waals surface area contributed by atoms with E-state index in [2.05, 4.69) is 55.0 Å². The largest absolute Gasteiger partial charge is 0.343 e. The summed E-state index contributed by atoms with van der Waals surface area (Å²) in [6.45, 7) is 10.0.